The third-order valence-electron chi connectivity index (χ3n) is 3.34. The van der Waals surface area contributed by atoms with Crippen LogP contribution in [0.2, 0.25) is 0 Å². The highest BCUT2D eigenvalue weighted by atomic mass is 32.2. The number of nitrogens with one attached hydrogen (secondary N) is 1. The van der Waals surface area contributed by atoms with E-state index in [1.165, 1.54) is 7.11 Å². The number of hydrogen-bond acceptors (Lipinski definition) is 7. The summed E-state index contributed by atoms with van der Waals surface area (Å²) in [5, 5.41) is 25.7. The Bertz CT molecular complexity index is 967. The van der Waals surface area contributed by atoms with Crippen LogP contribution in [0.3, 0.4) is 0 Å². The maximum Gasteiger partial charge on any atom is 0.278 e. The lowest BCUT2D eigenvalue weighted by molar-refractivity contribution is 0.415. The lowest BCUT2D eigenvalue weighted by Crippen LogP contribution is -2.31. The van der Waals surface area contributed by atoms with Gasteiger partial charge < -0.3 is 4.74 Å². The fourth-order valence-corrected chi connectivity index (χ4v) is 3.15. The molecule has 1 aliphatic rings. The Hall–Kier alpha value is -3.10. The van der Waals surface area contributed by atoms with Crippen LogP contribution in [0.4, 0.5) is 0 Å². The van der Waals surface area contributed by atoms with Crippen molar-refractivity contribution in [3.05, 3.63) is 40.2 Å². The first-order chi connectivity index (χ1) is 11.1. The van der Waals surface area contributed by atoms with Crippen molar-refractivity contribution < 1.29 is 4.74 Å². The van der Waals surface area contributed by atoms with Gasteiger partial charge >= 0.3 is 0 Å². The molecule has 2 aromatic rings. The van der Waals surface area contributed by atoms with Crippen LogP contribution in [0, 0.1) is 28.1 Å². The third kappa shape index (κ3) is 2.26. The molecule has 0 fully saturated rings. The molecule has 0 aliphatic carbocycles. The van der Waals surface area contributed by atoms with Gasteiger partial charge in [0.05, 0.1) is 18.9 Å². The predicted molar refractivity (Wildman–Crippen MR) is 83.6 cm³/mol. The van der Waals surface area contributed by atoms with E-state index in [1.807, 2.05) is 12.1 Å². The van der Waals surface area contributed by atoms with Gasteiger partial charge in [-0.25, -0.2) is 9.55 Å². The number of aromatic nitrogens is 2. The van der Waals surface area contributed by atoms with Crippen LogP contribution in [0.25, 0.3) is 11.3 Å². The molecule has 0 spiro atoms. The Kier molecular flexibility index (Phi) is 3.61. The summed E-state index contributed by atoms with van der Waals surface area (Å²) in [4.78, 5) is 16.9. The monoisotopic (exact) mass is 323 g/mol. The number of fused-ring (bicyclic) bond motifs is 1. The van der Waals surface area contributed by atoms with Crippen LogP contribution < -0.4 is 10.3 Å². The Morgan fingerprint density at radius 2 is 2.22 bits per heavy atom. The number of benzene rings is 1. The van der Waals surface area contributed by atoms with E-state index in [9.17, 15) is 10.1 Å². The lowest BCUT2D eigenvalue weighted by Gasteiger charge is -2.08. The van der Waals surface area contributed by atoms with Crippen molar-refractivity contribution in [2.24, 2.45) is 0 Å². The van der Waals surface area contributed by atoms with Gasteiger partial charge in [0.25, 0.3) is 5.56 Å². The average molecular weight is 323 g/mol. The normalized spacial score (nSPS) is 15.6. The molecule has 1 aromatic heterocycles. The Balaban J connectivity index is 2.27. The van der Waals surface area contributed by atoms with Gasteiger partial charge in [-0.3, -0.25) is 10.2 Å². The largest absolute Gasteiger partial charge is 0.497 e. The minimum absolute atomic E-state index is 0.161. The van der Waals surface area contributed by atoms with Gasteiger partial charge in [-0.05, 0) is 12.1 Å². The SMILES string of the molecule is COc1cccc(-c2nc3n(c(=O)c2C#N)C(=N)C(C#N)S3)c1. The number of ether oxygens (including phenoxy) is 1. The molecule has 8 heteroatoms. The summed E-state index contributed by atoms with van der Waals surface area (Å²) in [6.45, 7) is 0. The van der Waals surface area contributed by atoms with E-state index in [1.54, 1.807) is 24.3 Å². The smallest absolute Gasteiger partial charge is 0.278 e. The van der Waals surface area contributed by atoms with Gasteiger partial charge in [-0.15, -0.1) is 0 Å². The Labute approximate surface area is 135 Å². The molecule has 23 heavy (non-hydrogen) atoms. The van der Waals surface area contributed by atoms with E-state index in [0.29, 0.717) is 11.3 Å². The number of nitrogens with zero attached hydrogens (tertiary/aromatic N) is 4. The molecule has 1 N–H and O–H groups in total. The van der Waals surface area contributed by atoms with Gasteiger partial charge in [-0.1, -0.05) is 23.9 Å². The van der Waals surface area contributed by atoms with Crippen molar-refractivity contribution in [1.29, 1.82) is 15.9 Å². The molecule has 3 rings (SSSR count). The fourth-order valence-electron chi connectivity index (χ4n) is 2.24. The van der Waals surface area contributed by atoms with E-state index in [0.717, 1.165) is 16.3 Å². The second-order valence-electron chi connectivity index (χ2n) is 4.61. The molecular weight excluding hydrogens is 314 g/mol. The van der Waals surface area contributed by atoms with Crippen LogP contribution in [0.1, 0.15) is 5.56 Å². The maximum atomic E-state index is 12.5. The summed E-state index contributed by atoms with van der Waals surface area (Å²) in [6, 6.07) is 10.7. The first kappa shape index (κ1) is 14.8. The maximum absolute atomic E-state index is 12.5. The number of hydrogen-bond donors (Lipinski definition) is 1. The van der Waals surface area contributed by atoms with E-state index >= 15 is 0 Å². The highest BCUT2D eigenvalue weighted by Crippen LogP contribution is 2.32. The van der Waals surface area contributed by atoms with Crippen LogP contribution in [0.15, 0.2) is 34.2 Å². The molecule has 0 saturated heterocycles. The molecule has 2 heterocycles. The molecule has 0 saturated carbocycles. The van der Waals surface area contributed by atoms with Crippen LogP contribution in [-0.2, 0) is 0 Å². The van der Waals surface area contributed by atoms with Gasteiger partial charge in [0, 0.05) is 5.56 Å². The average Bonchev–Trinajstić information content (AvgIpc) is 2.91. The van der Waals surface area contributed by atoms with Crippen molar-refractivity contribution in [2.45, 2.75) is 10.4 Å². The van der Waals surface area contributed by atoms with Crippen molar-refractivity contribution in [1.82, 2.24) is 9.55 Å². The van der Waals surface area contributed by atoms with E-state index in [2.05, 4.69) is 4.98 Å². The Morgan fingerprint density at radius 1 is 1.43 bits per heavy atom. The first-order valence-electron chi connectivity index (χ1n) is 6.47. The highest BCUT2D eigenvalue weighted by molar-refractivity contribution is 8.01. The second kappa shape index (κ2) is 5.59. The molecule has 0 radical (unpaired) electrons. The Morgan fingerprint density at radius 3 is 2.87 bits per heavy atom. The van der Waals surface area contributed by atoms with Gasteiger partial charge in [0.15, 0.2) is 10.4 Å². The molecule has 1 aliphatic heterocycles. The number of nitriles is 2. The van der Waals surface area contributed by atoms with Crippen LogP contribution in [-0.4, -0.2) is 27.7 Å². The van der Waals surface area contributed by atoms with Crippen molar-refractivity contribution in [3.63, 3.8) is 0 Å². The molecule has 1 atom stereocenters. The van der Waals surface area contributed by atoms with Crippen molar-refractivity contribution in [2.75, 3.05) is 7.11 Å². The van der Waals surface area contributed by atoms with E-state index < -0.39 is 10.8 Å². The number of thioether (sulfide) groups is 1. The summed E-state index contributed by atoms with van der Waals surface area (Å²) < 4.78 is 6.16. The molecule has 0 bridgehead atoms. The van der Waals surface area contributed by atoms with Gasteiger partial charge in [0.2, 0.25) is 0 Å². The topological polar surface area (TPSA) is 116 Å². The fraction of sp³-hybridized carbons (Fsp3) is 0.133. The lowest BCUT2D eigenvalue weighted by atomic mass is 10.1. The van der Waals surface area contributed by atoms with Crippen molar-refractivity contribution >= 4 is 17.6 Å². The standard InChI is InChI=1S/C15H9N5O2S/c1-22-9-4-2-3-8(5-9)12-10(6-16)14(21)20-13(18)11(7-17)23-15(20)19-12/h2-5,11,18H,1H3. The number of rotatable bonds is 2. The number of methoxy groups -OCH3 is 1. The zero-order valence-corrected chi connectivity index (χ0v) is 12.7. The third-order valence-corrected chi connectivity index (χ3v) is 4.39. The van der Waals surface area contributed by atoms with E-state index in [4.69, 9.17) is 15.4 Å². The molecule has 1 unspecified atom stereocenters. The zero-order chi connectivity index (χ0) is 16.6. The summed E-state index contributed by atoms with van der Waals surface area (Å²) in [5.74, 6) is 0.405. The van der Waals surface area contributed by atoms with Gasteiger partial charge in [-0.2, -0.15) is 10.5 Å². The molecule has 0 amide bonds. The molecule has 112 valence electrons. The zero-order valence-electron chi connectivity index (χ0n) is 11.9. The minimum atomic E-state index is -0.803. The molecule has 7 nitrogen and oxygen atoms in total. The summed E-state index contributed by atoms with van der Waals surface area (Å²) in [7, 11) is 1.52. The van der Waals surface area contributed by atoms with E-state index in [-0.39, 0.29) is 22.2 Å². The van der Waals surface area contributed by atoms with Gasteiger partial charge in [0.1, 0.15) is 23.2 Å². The quantitative estimate of drug-likeness (QED) is 0.839. The minimum Gasteiger partial charge on any atom is -0.497 e. The second-order valence-corrected chi connectivity index (χ2v) is 5.69. The highest BCUT2D eigenvalue weighted by Gasteiger charge is 2.33. The molecular formula is C15H9N5O2S. The summed E-state index contributed by atoms with van der Waals surface area (Å²) in [6.07, 6.45) is 0. The summed E-state index contributed by atoms with van der Waals surface area (Å²) in [5.41, 5.74) is -0.00742. The van der Waals surface area contributed by atoms with Crippen molar-refractivity contribution in [3.8, 4) is 29.1 Å². The first-order valence-corrected chi connectivity index (χ1v) is 7.35. The van der Waals surface area contributed by atoms with Crippen LogP contribution in [0.5, 0.6) is 5.75 Å². The van der Waals surface area contributed by atoms with Crippen LogP contribution >= 0.6 is 11.8 Å². The molecule has 1 aromatic carbocycles. The predicted octanol–water partition coefficient (Wildman–Crippen LogP) is 1.61. The summed E-state index contributed by atoms with van der Waals surface area (Å²) >= 11 is 1.02.